The molecule has 1 aliphatic rings. The van der Waals surface area contributed by atoms with Gasteiger partial charge in [0, 0.05) is 41.6 Å². The second-order valence-electron chi connectivity index (χ2n) is 8.26. The fraction of sp³-hybridized carbons (Fsp3) is 0.600. The third-order valence-corrected chi connectivity index (χ3v) is 6.16. The van der Waals surface area contributed by atoms with Gasteiger partial charge >= 0.3 is 0 Å². The standard InChI is InChI=1S/C20H26ClF2N3O/c1-11(2)26-17(14-10-15(27)16(21)13(4)24-14)12(3)18(25-26)19(5)6-8-20(22,23)9-7-19/h10-11H,6-9H2,1-5H3,(H,24,27). The Bertz CT molecular complexity index is 920. The average molecular weight is 398 g/mol. The molecule has 7 heteroatoms. The first-order valence-electron chi connectivity index (χ1n) is 9.32. The van der Waals surface area contributed by atoms with E-state index in [-0.39, 0.29) is 29.3 Å². The van der Waals surface area contributed by atoms with Crippen molar-refractivity contribution in [3.05, 3.63) is 38.3 Å². The van der Waals surface area contributed by atoms with Gasteiger partial charge < -0.3 is 4.98 Å². The molecule has 0 spiro atoms. The minimum atomic E-state index is -2.59. The zero-order chi connectivity index (χ0) is 20.1. The van der Waals surface area contributed by atoms with Crippen LogP contribution in [0.3, 0.4) is 0 Å². The summed E-state index contributed by atoms with van der Waals surface area (Å²) in [6.07, 6.45) is 0.546. The summed E-state index contributed by atoms with van der Waals surface area (Å²) in [6, 6.07) is 1.54. The highest BCUT2D eigenvalue weighted by Crippen LogP contribution is 2.46. The summed E-state index contributed by atoms with van der Waals surface area (Å²) in [5.41, 5.74) is 3.18. The molecule has 1 fully saturated rings. The third-order valence-electron chi connectivity index (χ3n) is 5.69. The Labute approximate surface area is 162 Å². The molecule has 148 valence electrons. The fourth-order valence-electron chi connectivity index (χ4n) is 3.99. The number of nitrogens with one attached hydrogen (secondary N) is 1. The van der Waals surface area contributed by atoms with Crippen LogP contribution in [0.2, 0.25) is 5.02 Å². The Hall–Kier alpha value is -1.69. The molecule has 0 unspecified atom stereocenters. The lowest BCUT2D eigenvalue weighted by atomic mass is 9.71. The number of aromatic amines is 1. The van der Waals surface area contributed by atoms with E-state index < -0.39 is 11.3 Å². The largest absolute Gasteiger partial charge is 0.356 e. The highest BCUT2D eigenvalue weighted by Gasteiger charge is 2.44. The molecular formula is C20H26ClF2N3O. The van der Waals surface area contributed by atoms with Gasteiger partial charge in [-0.15, -0.1) is 0 Å². The Morgan fingerprint density at radius 1 is 1.22 bits per heavy atom. The molecule has 3 rings (SSSR count). The molecule has 0 aliphatic heterocycles. The van der Waals surface area contributed by atoms with E-state index in [0.717, 1.165) is 17.0 Å². The molecule has 1 saturated carbocycles. The first-order valence-corrected chi connectivity index (χ1v) is 9.70. The van der Waals surface area contributed by atoms with E-state index in [1.165, 1.54) is 6.07 Å². The van der Waals surface area contributed by atoms with E-state index in [0.29, 0.717) is 24.2 Å². The number of aryl methyl sites for hydroxylation is 1. The maximum Gasteiger partial charge on any atom is 0.248 e. The molecule has 2 aromatic rings. The van der Waals surface area contributed by atoms with Crippen molar-refractivity contribution in [2.24, 2.45) is 0 Å². The minimum absolute atomic E-state index is 0.0561. The Kier molecular flexibility index (Phi) is 5.00. The number of H-pyrrole nitrogens is 1. The van der Waals surface area contributed by atoms with Crippen LogP contribution in [0, 0.1) is 13.8 Å². The summed E-state index contributed by atoms with van der Waals surface area (Å²) in [5.74, 6) is -2.59. The molecule has 2 heterocycles. The summed E-state index contributed by atoms with van der Waals surface area (Å²) < 4.78 is 29.3. The van der Waals surface area contributed by atoms with Gasteiger partial charge in [-0.3, -0.25) is 9.48 Å². The molecule has 0 aromatic carbocycles. The van der Waals surface area contributed by atoms with Gasteiger partial charge in [-0.1, -0.05) is 18.5 Å². The number of rotatable bonds is 3. The van der Waals surface area contributed by atoms with Gasteiger partial charge in [0.2, 0.25) is 11.4 Å². The molecular weight excluding hydrogens is 372 g/mol. The average Bonchev–Trinajstić information content (AvgIpc) is 2.93. The van der Waals surface area contributed by atoms with Crippen LogP contribution in [-0.4, -0.2) is 20.7 Å². The third kappa shape index (κ3) is 3.56. The predicted molar refractivity (Wildman–Crippen MR) is 104 cm³/mol. The van der Waals surface area contributed by atoms with Crippen molar-refractivity contribution in [1.29, 1.82) is 0 Å². The topological polar surface area (TPSA) is 50.7 Å². The van der Waals surface area contributed by atoms with Crippen LogP contribution in [0.25, 0.3) is 11.4 Å². The van der Waals surface area contributed by atoms with Gasteiger partial charge in [0.15, 0.2) is 0 Å². The summed E-state index contributed by atoms with van der Waals surface area (Å²) in [7, 11) is 0. The molecule has 0 radical (unpaired) electrons. The van der Waals surface area contributed by atoms with Crippen molar-refractivity contribution in [1.82, 2.24) is 14.8 Å². The van der Waals surface area contributed by atoms with E-state index in [4.69, 9.17) is 16.7 Å². The molecule has 4 nitrogen and oxygen atoms in total. The normalized spacial score (nSPS) is 18.9. The SMILES string of the molecule is Cc1[nH]c(-c2c(C)c(C3(C)CCC(F)(F)CC3)nn2C(C)C)cc(=O)c1Cl. The summed E-state index contributed by atoms with van der Waals surface area (Å²) in [5, 5.41) is 5.00. The first kappa shape index (κ1) is 20.1. The van der Waals surface area contributed by atoms with E-state index in [2.05, 4.69) is 4.98 Å². The van der Waals surface area contributed by atoms with Crippen LogP contribution in [0.4, 0.5) is 8.78 Å². The monoisotopic (exact) mass is 397 g/mol. The van der Waals surface area contributed by atoms with Gasteiger partial charge in [-0.05, 0) is 40.5 Å². The van der Waals surface area contributed by atoms with Crippen LogP contribution >= 0.6 is 11.6 Å². The van der Waals surface area contributed by atoms with Crippen LogP contribution < -0.4 is 5.43 Å². The Balaban J connectivity index is 2.15. The first-order chi connectivity index (χ1) is 12.4. The van der Waals surface area contributed by atoms with Crippen molar-refractivity contribution in [2.45, 2.75) is 77.7 Å². The quantitative estimate of drug-likeness (QED) is 0.737. The minimum Gasteiger partial charge on any atom is -0.356 e. The van der Waals surface area contributed by atoms with Crippen LogP contribution in [0.15, 0.2) is 10.9 Å². The predicted octanol–water partition coefficient (Wildman–Crippen LogP) is 5.56. The lowest BCUT2D eigenvalue weighted by Crippen LogP contribution is -2.35. The van der Waals surface area contributed by atoms with E-state index >= 15 is 0 Å². The van der Waals surface area contributed by atoms with Crippen molar-refractivity contribution in [3.63, 3.8) is 0 Å². The summed E-state index contributed by atoms with van der Waals surface area (Å²) in [6.45, 7) is 9.75. The van der Waals surface area contributed by atoms with Gasteiger partial charge in [-0.25, -0.2) is 8.78 Å². The van der Waals surface area contributed by atoms with Crippen LogP contribution in [-0.2, 0) is 5.41 Å². The van der Waals surface area contributed by atoms with Crippen molar-refractivity contribution >= 4 is 11.6 Å². The second kappa shape index (κ2) is 6.73. The number of pyridine rings is 1. The maximum atomic E-state index is 13.7. The van der Waals surface area contributed by atoms with E-state index in [1.807, 2.05) is 32.4 Å². The van der Waals surface area contributed by atoms with Crippen LogP contribution in [0.5, 0.6) is 0 Å². The molecule has 0 atom stereocenters. The summed E-state index contributed by atoms with van der Waals surface area (Å²) >= 11 is 6.02. The van der Waals surface area contributed by atoms with Crippen molar-refractivity contribution < 1.29 is 8.78 Å². The molecule has 0 amide bonds. The number of hydrogen-bond donors (Lipinski definition) is 1. The molecule has 0 saturated heterocycles. The fourth-order valence-corrected chi connectivity index (χ4v) is 4.10. The molecule has 0 bridgehead atoms. The van der Waals surface area contributed by atoms with Crippen molar-refractivity contribution in [2.75, 3.05) is 0 Å². The zero-order valence-electron chi connectivity index (χ0n) is 16.4. The number of nitrogens with zero attached hydrogens (tertiary/aromatic N) is 2. The van der Waals surface area contributed by atoms with E-state index in [9.17, 15) is 13.6 Å². The molecule has 1 N–H and O–H groups in total. The van der Waals surface area contributed by atoms with Gasteiger partial charge in [0.1, 0.15) is 5.02 Å². The number of hydrogen-bond acceptors (Lipinski definition) is 2. The lowest BCUT2D eigenvalue weighted by molar-refractivity contribution is -0.0503. The highest BCUT2D eigenvalue weighted by atomic mass is 35.5. The maximum absolute atomic E-state index is 13.7. The number of aromatic nitrogens is 3. The molecule has 27 heavy (non-hydrogen) atoms. The molecule has 2 aromatic heterocycles. The van der Waals surface area contributed by atoms with Gasteiger partial charge in [0.25, 0.3) is 0 Å². The molecule has 1 aliphatic carbocycles. The van der Waals surface area contributed by atoms with Gasteiger partial charge in [0.05, 0.1) is 17.1 Å². The Morgan fingerprint density at radius 3 is 2.33 bits per heavy atom. The van der Waals surface area contributed by atoms with Crippen molar-refractivity contribution in [3.8, 4) is 11.4 Å². The zero-order valence-corrected chi connectivity index (χ0v) is 17.2. The number of alkyl halides is 2. The Morgan fingerprint density at radius 2 is 1.81 bits per heavy atom. The summed E-state index contributed by atoms with van der Waals surface area (Å²) in [4.78, 5) is 15.4. The van der Waals surface area contributed by atoms with E-state index in [1.54, 1.807) is 6.92 Å². The number of halogens is 3. The highest BCUT2D eigenvalue weighted by molar-refractivity contribution is 6.31. The van der Waals surface area contributed by atoms with Gasteiger partial charge in [-0.2, -0.15) is 5.10 Å². The van der Waals surface area contributed by atoms with Crippen LogP contribution in [0.1, 0.15) is 69.4 Å². The smallest absolute Gasteiger partial charge is 0.248 e. The second-order valence-corrected chi connectivity index (χ2v) is 8.64. The lowest BCUT2D eigenvalue weighted by Gasteiger charge is -2.36.